The Labute approximate surface area is 162 Å². The first-order chi connectivity index (χ1) is 12.8. The van der Waals surface area contributed by atoms with Crippen LogP contribution in [-0.4, -0.2) is 42.2 Å². The van der Waals surface area contributed by atoms with Gasteiger partial charge in [-0.15, -0.1) is 11.8 Å². The van der Waals surface area contributed by atoms with E-state index >= 15 is 0 Å². The van der Waals surface area contributed by atoms with Gasteiger partial charge in [0, 0.05) is 17.5 Å². The summed E-state index contributed by atoms with van der Waals surface area (Å²) in [4.78, 5) is 26.1. The monoisotopic (exact) mass is 389 g/mol. The Morgan fingerprint density at radius 2 is 1.96 bits per heavy atom. The number of likely N-dealkylation sites (N-methyl/N-ethyl adjacent to an activating group) is 1. The summed E-state index contributed by atoms with van der Waals surface area (Å²) in [5, 5.41) is 13.6. The molecule has 1 atom stereocenters. The summed E-state index contributed by atoms with van der Waals surface area (Å²) in [6, 6.07) is 11.9. The lowest BCUT2D eigenvalue weighted by molar-refractivity contribution is -0.384. The lowest BCUT2D eigenvalue weighted by Crippen LogP contribution is -2.39. The molecule has 27 heavy (non-hydrogen) atoms. The zero-order valence-electron chi connectivity index (χ0n) is 15.8. The van der Waals surface area contributed by atoms with Gasteiger partial charge in [-0.05, 0) is 44.0 Å². The van der Waals surface area contributed by atoms with Crippen LogP contribution < -0.4 is 10.1 Å². The summed E-state index contributed by atoms with van der Waals surface area (Å²) in [6.07, 6.45) is 2.03. The second-order valence-corrected chi connectivity index (χ2v) is 6.95. The molecule has 0 bridgehead atoms. The van der Waals surface area contributed by atoms with E-state index in [2.05, 4.69) is 17.4 Å². The number of methoxy groups -OCH3 is 1. The van der Waals surface area contributed by atoms with E-state index in [1.165, 1.54) is 30.2 Å². The summed E-state index contributed by atoms with van der Waals surface area (Å²) in [7, 11) is 3.28. The molecular weight excluding hydrogens is 366 g/mol. The van der Waals surface area contributed by atoms with Crippen LogP contribution in [0.3, 0.4) is 0 Å². The van der Waals surface area contributed by atoms with Crippen molar-refractivity contribution in [2.45, 2.75) is 24.4 Å². The van der Waals surface area contributed by atoms with Crippen molar-refractivity contribution in [3.63, 3.8) is 0 Å². The second kappa shape index (κ2) is 9.38. The topological polar surface area (TPSA) is 84.7 Å². The summed E-state index contributed by atoms with van der Waals surface area (Å²) in [6.45, 7) is 2.43. The number of amides is 1. The van der Waals surface area contributed by atoms with Crippen LogP contribution in [0.2, 0.25) is 0 Å². The number of nitrogens with zero attached hydrogens (tertiary/aromatic N) is 2. The Morgan fingerprint density at radius 1 is 1.30 bits per heavy atom. The molecule has 0 saturated heterocycles. The van der Waals surface area contributed by atoms with Gasteiger partial charge in [-0.25, -0.2) is 0 Å². The quantitative estimate of drug-likeness (QED) is 0.420. The predicted molar refractivity (Wildman–Crippen MR) is 107 cm³/mol. The molecule has 0 unspecified atom stereocenters. The van der Waals surface area contributed by atoms with Crippen molar-refractivity contribution in [3.05, 3.63) is 58.1 Å². The Kier molecular flexibility index (Phi) is 7.20. The molecule has 1 N–H and O–H groups in total. The van der Waals surface area contributed by atoms with Crippen molar-refractivity contribution in [2.75, 3.05) is 25.7 Å². The first-order valence-corrected chi connectivity index (χ1v) is 9.54. The molecule has 0 spiro atoms. The second-order valence-electron chi connectivity index (χ2n) is 6.07. The molecular formula is C19H23N3O4S. The normalized spacial score (nSPS) is 11.9. The molecule has 0 aliphatic rings. The van der Waals surface area contributed by atoms with Gasteiger partial charge in [0.15, 0.2) is 0 Å². The predicted octanol–water partition coefficient (Wildman–Crippen LogP) is 3.78. The highest BCUT2D eigenvalue weighted by atomic mass is 32.2. The zero-order valence-corrected chi connectivity index (χ0v) is 16.6. The lowest BCUT2D eigenvalue weighted by atomic mass is 10.2. The van der Waals surface area contributed by atoms with Gasteiger partial charge in [-0.2, -0.15) is 0 Å². The number of anilines is 1. The van der Waals surface area contributed by atoms with Crippen molar-refractivity contribution in [1.29, 1.82) is 0 Å². The lowest BCUT2D eigenvalue weighted by Gasteiger charge is -2.24. The Hall–Kier alpha value is -2.58. The Balaban J connectivity index is 2.04. The molecule has 0 radical (unpaired) electrons. The SMILES string of the molecule is COc1cc([N+](=O)[O-])ccc1NC(=O)[C@@H](C)N(C)Cc1ccc(SC)cc1. The van der Waals surface area contributed by atoms with E-state index < -0.39 is 11.0 Å². The van der Waals surface area contributed by atoms with Crippen molar-refractivity contribution in [1.82, 2.24) is 4.90 Å². The minimum Gasteiger partial charge on any atom is -0.494 e. The van der Waals surface area contributed by atoms with Gasteiger partial charge >= 0.3 is 0 Å². The third-order valence-corrected chi connectivity index (χ3v) is 5.03. The molecule has 2 rings (SSSR count). The molecule has 2 aromatic carbocycles. The maximum Gasteiger partial charge on any atom is 0.273 e. The number of nitro benzene ring substituents is 1. The summed E-state index contributed by atoms with van der Waals surface area (Å²) in [5.74, 6) is 0.0328. The average molecular weight is 389 g/mol. The minimum absolute atomic E-state index is 0.0938. The average Bonchev–Trinajstić information content (AvgIpc) is 2.67. The zero-order chi connectivity index (χ0) is 20.0. The molecule has 0 aliphatic carbocycles. The largest absolute Gasteiger partial charge is 0.494 e. The van der Waals surface area contributed by atoms with E-state index in [0.29, 0.717) is 12.2 Å². The molecule has 7 nitrogen and oxygen atoms in total. The standard InChI is InChI=1S/C19H23N3O4S/c1-13(21(2)12-14-5-8-16(27-4)9-6-14)19(23)20-17-10-7-15(22(24)25)11-18(17)26-3/h5-11,13H,12H2,1-4H3,(H,20,23)/t13-/m1/s1. The van der Waals surface area contributed by atoms with Gasteiger partial charge in [0.1, 0.15) is 5.75 Å². The highest BCUT2D eigenvalue weighted by Gasteiger charge is 2.20. The van der Waals surface area contributed by atoms with Crippen LogP contribution in [0.4, 0.5) is 11.4 Å². The minimum atomic E-state index is -0.507. The van der Waals surface area contributed by atoms with Gasteiger partial charge in [0.05, 0.1) is 29.8 Å². The van der Waals surface area contributed by atoms with Crippen LogP contribution >= 0.6 is 11.8 Å². The van der Waals surface area contributed by atoms with Gasteiger partial charge in [-0.3, -0.25) is 19.8 Å². The number of ether oxygens (including phenoxy) is 1. The van der Waals surface area contributed by atoms with Crippen molar-refractivity contribution >= 4 is 29.0 Å². The number of carbonyl (C=O) groups excluding carboxylic acids is 1. The number of hydrogen-bond acceptors (Lipinski definition) is 6. The maximum absolute atomic E-state index is 12.6. The smallest absolute Gasteiger partial charge is 0.273 e. The summed E-state index contributed by atoms with van der Waals surface area (Å²) >= 11 is 1.68. The van der Waals surface area contributed by atoms with Crippen molar-refractivity contribution < 1.29 is 14.5 Å². The molecule has 8 heteroatoms. The van der Waals surface area contributed by atoms with Crippen LogP contribution in [0, 0.1) is 10.1 Å². The number of thioether (sulfide) groups is 1. The van der Waals surface area contributed by atoms with Crippen molar-refractivity contribution in [3.8, 4) is 5.75 Å². The third-order valence-electron chi connectivity index (χ3n) is 4.29. The van der Waals surface area contributed by atoms with Crippen molar-refractivity contribution in [2.24, 2.45) is 0 Å². The molecule has 0 aromatic heterocycles. The first-order valence-electron chi connectivity index (χ1n) is 8.32. The van der Waals surface area contributed by atoms with E-state index in [-0.39, 0.29) is 17.3 Å². The van der Waals surface area contributed by atoms with Crippen LogP contribution in [0.25, 0.3) is 0 Å². The highest BCUT2D eigenvalue weighted by Crippen LogP contribution is 2.29. The third kappa shape index (κ3) is 5.45. The molecule has 0 fully saturated rings. The van der Waals surface area contributed by atoms with E-state index in [9.17, 15) is 14.9 Å². The number of hydrogen-bond donors (Lipinski definition) is 1. The molecule has 0 saturated carbocycles. The number of non-ortho nitro benzene ring substituents is 1. The van der Waals surface area contributed by atoms with Crippen LogP contribution in [0.1, 0.15) is 12.5 Å². The number of carbonyl (C=O) groups is 1. The maximum atomic E-state index is 12.6. The van der Waals surface area contributed by atoms with E-state index in [1.54, 1.807) is 11.8 Å². The van der Waals surface area contributed by atoms with Crippen LogP contribution in [0.5, 0.6) is 5.75 Å². The summed E-state index contributed by atoms with van der Waals surface area (Å²) in [5.41, 5.74) is 1.42. The van der Waals surface area contributed by atoms with E-state index in [0.717, 1.165) is 5.56 Å². The number of nitrogens with one attached hydrogen (secondary N) is 1. The fourth-order valence-electron chi connectivity index (χ4n) is 2.49. The van der Waals surface area contributed by atoms with Crippen LogP contribution in [-0.2, 0) is 11.3 Å². The number of benzene rings is 2. The molecule has 0 aliphatic heterocycles. The first kappa shape index (κ1) is 20.7. The van der Waals surface area contributed by atoms with Gasteiger partial charge in [0.25, 0.3) is 5.69 Å². The number of nitro groups is 1. The molecule has 144 valence electrons. The van der Waals surface area contributed by atoms with E-state index in [4.69, 9.17) is 4.74 Å². The Bertz CT molecular complexity index is 811. The molecule has 2 aromatic rings. The molecule has 0 heterocycles. The number of rotatable bonds is 8. The van der Waals surface area contributed by atoms with Gasteiger partial charge in [-0.1, -0.05) is 12.1 Å². The Morgan fingerprint density at radius 3 is 2.52 bits per heavy atom. The van der Waals surface area contributed by atoms with Crippen LogP contribution in [0.15, 0.2) is 47.4 Å². The summed E-state index contributed by atoms with van der Waals surface area (Å²) < 4.78 is 5.16. The van der Waals surface area contributed by atoms with E-state index in [1.807, 2.05) is 37.3 Å². The fourth-order valence-corrected chi connectivity index (χ4v) is 2.90. The molecule has 1 amide bonds. The van der Waals surface area contributed by atoms with Gasteiger partial charge in [0.2, 0.25) is 5.91 Å². The van der Waals surface area contributed by atoms with Gasteiger partial charge < -0.3 is 10.1 Å². The fraction of sp³-hybridized carbons (Fsp3) is 0.316. The highest BCUT2D eigenvalue weighted by molar-refractivity contribution is 7.98.